The molecule has 1 unspecified atom stereocenters. The number of ether oxygens (including phenoxy) is 1. The van der Waals surface area contributed by atoms with Gasteiger partial charge in [0.2, 0.25) is 0 Å². The van der Waals surface area contributed by atoms with Gasteiger partial charge in [-0.1, -0.05) is 64.6 Å². The summed E-state index contributed by atoms with van der Waals surface area (Å²) in [6.07, 6.45) is -0.284. The first-order valence-corrected chi connectivity index (χ1v) is 9.59. The molecule has 0 aliphatic rings. The van der Waals surface area contributed by atoms with E-state index in [4.69, 9.17) is 56.9 Å². The van der Waals surface area contributed by atoms with Crippen molar-refractivity contribution in [3.05, 3.63) is 62.1 Å². The monoisotopic (exact) mass is 477 g/mol. The van der Waals surface area contributed by atoms with Crippen LogP contribution in [0.5, 0.6) is 0 Å². The number of nitrogens with two attached hydrogens (primary N) is 1. The number of esters is 1. The van der Waals surface area contributed by atoms with E-state index >= 15 is 0 Å². The largest absolute Gasteiger partial charge is 0.455 e. The number of hydrogen-bond acceptors (Lipinski definition) is 4. The first-order valence-electron chi connectivity index (χ1n) is 8.07. The van der Waals surface area contributed by atoms with Gasteiger partial charge in [0.15, 0.2) is 6.61 Å². The van der Waals surface area contributed by atoms with Crippen LogP contribution in [0.2, 0.25) is 20.1 Å². The van der Waals surface area contributed by atoms with Gasteiger partial charge in [-0.05, 0) is 23.8 Å². The zero-order valence-corrected chi connectivity index (χ0v) is 17.7. The first-order chi connectivity index (χ1) is 13.7. The number of primary amides is 1. The maximum absolute atomic E-state index is 12.1. The zero-order valence-electron chi connectivity index (χ0n) is 14.7. The predicted molar refractivity (Wildman–Crippen MR) is 113 cm³/mol. The highest BCUT2D eigenvalue weighted by atomic mass is 35.5. The Balaban J connectivity index is 1.96. The number of rotatable bonds is 7. The maximum atomic E-state index is 12.1. The molecule has 0 aliphatic heterocycles. The summed E-state index contributed by atoms with van der Waals surface area (Å²) in [5.74, 6) is -1.39. The Bertz CT molecular complexity index is 939. The SMILES string of the molecule is NC(=O)NC(CC(=O)OCC(=O)Nc1cc(Cl)c(Cl)cc1Cl)c1ccccc1Cl. The maximum Gasteiger partial charge on any atom is 0.312 e. The van der Waals surface area contributed by atoms with Crippen LogP contribution >= 0.6 is 46.4 Å². The summed E-state index contributed by atoms with van der Waals surface area (Å²) >= 11 is 23.8. The van der Waals surface area contributed by atoms with Crippen LogP contribution in [0.3, 0.4) is 0 Å². The third-order valence-electron chi connectivity index (χ3n) is 3.62. The Morgan fingerprint density at radius 2 is 1.62 bits per heavy atom. The van der Waals surface area contributed by atoms with E-state index in [0.29, 0.717) is 10.6 Å². The van der Waals surface area contributed by atoms with Gasteiger partial charge in [-0.3, -0.25) is 9.59 Å². The zero-order chi connectivity index (χ0) is 21.6. The Labute approximate surface area is 186 Å². The van der Waals surface area contributed by atoms with Crippen molar-refractivity contribution >= 4 is 70.0 Å². The molecular weight excluding hydrogens is 464 g/mol. The van der Waals surface area contributed by atoms with Crippen molar-refractivity contribution in [2.75, 3.05) is 11.9 Å². The van der Waals surface area contributed by atoms with Gasteiger partial charge < -0.3 is 21.1 Å². The molecule has 0 aliphatic carbocycles. The van der Waals surface area contributed by atoms with Crippen molar-refractivity contribution < 1.29 is 19.1 Å². The standard InChI is InChI=1S/C18H15Cl4N3O4/c19-10-4-2-1-3-9(10)14(25-18(23)28)7-17(27)29-8-16(26)24-15-6-12(21)11(20)5-13(15)22/h1-6,14H,7-8H2,(H,24,26)(H3,23,25,28). The Kier molecular flexibility index (Phi) is 8.40. The van der Waals surface area contributed by atoms with Crippen molar-refractivity contribution in [2.45, 2.75) is 12.5 Å². The van der Waals surface area contributed by atoms with Crippen molar-refractivity contribution in [2.24, 2.45) is 5.73 Å². The molecule has 0 spiro atoms. The topological polar surface area (TPSA) is 111 Å². The lowest BCUT2D eigenvalue weighted by Crippen LogP contribution is -2.35. The van der Waals surface area contributed by atoms with E-state index in [9.17, 15) is 14.4 Å². The van der Waals surface area contributed by atoms with Gasteiger partial charge in [0, 0.05) is 5.02 Å². The number of amides is 3. The molecule has 11 heteroatoms. The molecule has 0 radical (unpaired) electrons. The van der Waals surface area contributed by atoms with Crippen LogP contribution in [0.4, 0.5) is 10.5 Å². The van der Waals surface area contributed by atoms with Crippen molar-refractivity contribution in [1.29, 1.82) is 0 Å². The molecule has 29 heavy (non-hydrogen) atoms. The van der Waals surface area contributed by atoms with E-state index in [1.165, 1.54) is 12.1 Å². The van der Waals surface area contributed by atoms with Gasteiger partial charge in [-0.15, -0.1) is 0 Å². The molecule has 0 heterocycles. The molecule has 2 rings (SSSR count). The fraction of sp³-hybridized carbons (Fsp3) is 0.167. The molecule has 154 valence electrons. The van der Waals surface area contributed by atoms with E-state index in [1.54, 1.807) is 24.3 Å². The molecule has 2 aromatic rings. The van der Waals surface area contributed by atoms with Gasteiger partial charge in [0.1, 0.15) is 0 Å². The summed E-state index contributed by atoms with van der Waals surface area (Å²) in [5.41, 5.74) is 5.86. The Hall–Kier alpha value is -2.19. The lowest BCUT2D eigenvalue weighted by Gasteiger charge is -2.18. The molecule has 1 atom stereocenters. The Morgan fingerprint density at radius 3 is 2.28 bits per heavy atom. The number of benzene rings is 2. The third kappa shape index (κ3) is 6.97. The van der Waals surface area contributed by atoms with Crippen LogP contribution in [0.15, 0.2) is 36.4 Å². The fourth-order valence-corrected chi connectivity index (χ4v) is 3.21. The second-order valence-electron chi connectivity index (χ2n) is 5.74. The summed E-state index contributed by atoms with van der Waals surface area (Å²) < 4.78 is 4.95. The lowest BCUT2D eigenvalue weighted by atomic mass is 10.0. The average Bonchev–Trinajstić information content (AvgIpc) is 2.64. The second-order valence-corrected chi connectivity index (χ2v) is 7.37. The lowest BCUT2D eigenvalue weighted by molar-refractivity contribution is -0.147. The fourth-order valence-electron chi connectivity index (χ4n) is 2.34. The highest BCUT2D eigenvalue weighted by Crippen LogP contribution is 2.32. The van der Waals surface area contributed by atoms with E-state index in [1.807, 2.05) is 0 Å². The van der Waals surface area contributed by atoms with Gasteiger partial charge in [-0.2, -0.15) is 0 Å². The minimum absolute atomic E-state index is 0.170. The van der Waals surface area contributed by atoms with Gasteiger partial charge in [0.25, 0.3) is 5.91 Å². The Morgan fingerprint density at radius 1 is 0.966 bits per heavy atom. The third-order valence-corrected chi connectivity index (χ3v) is 5.00. The smallest absolute Gasteiger partial charge is 0.312 e. The van der Waals surface area contributed by atoms with Crippen LogP contribution < -0.4 is 16.4 Å². The minimum Gasteiger partial charge on any atom is -0.455 e. The normalized spacial score (nSPS) is 11.4. The number of anilines is 1. The molecule has 2 aromatic carbocycles. The molecular formula is C18H15Cl4N3O4. The highest BCUT2D eigenvalue weighted by molar-refractivity contribution is 6.44. The first kappa shape index (κ1) is 23.1. The van der Waals surface area contributed by atoms with Crippen LogP contribution in [0.1, 0.15) is 18.0 Å². The van der Waals surface area contributed by atoms with Crippen LogP contribution in [0.25, 0.3) is 0 Å². The summed E-state index contributed by atoms with van der Waals surface area (Å²) in [6, 6.07) is 7.71. The predicted octanol–water partition coefficient (Wildman–Crippen LogP) is 4.58. The number of hydrogen-bond donors (Lipinski definition) is 3. The van der Waals surface area contributed by atoms with Gasteiger partial charge in [-0.25, -0.2) is 4.79 Å². The molecule has 0 aromatic heterocycles. The number of nitrogens with one attached hydrogen (secondary N) is 2. The quantitative estimate of drug-likeness (QED) is 0.399. The number of halogens is 4. The minimum atomic E-state index is -0.838. The second kappa shape index (κ2) is 10.5. The van der Waals surface area contributed by atoms with Crippen molar-refractivity contribution in [1.82, 2.24) is 5.32 Å². The van der Waals surface area contributed by atoms with E-state index in [2.05, 4.69) is 10.6 Å². The molecule has 0 saturated carbocycles. The van der Waals surface area contributed by atoms with Crippen LogP contribution in [0, 0.1) is 0 Å². The van der Waals surface area contributed by atoms with Gasteiger partial charge in [0.05, 0.1) is 33.2 Å². The molecule has 4 N–H and O–H groups in total. The molecule has 7 nitrogen and oxygen atoms in total. The van der Waals surface area contributed by atoms with Crippen molar-refractivity contribution in [3.63, 3.8) is 0 Å². The summed E-state index contributed by atoms with van der Waals surface area (Å²) in [7, 11) is 0. The summed E-state index contributed by atoms with van der Waals surface area (Å²) in [5, 5.41) is 5.82. The molecule has 0 saturated heterocycles. The summed E-state index contributed by atoms with van der Waals surface area (Å²) in [6.45, 7) is -0.582. The number of carbonyl (C=O) groups excluding carboxylic acids is 3. The number of carbonyl (C=O) groups is 3. The number of urea groups is 1. The van der Waals surface area contributed by atoms with E-state index < -0.39 is 30.6 Å². The molecule has 3 amide bonds. The van der Waals surface area contributed by atoms with Gasteiger partial charge >= 0.3 is 12.0 Å². The molecule has 0 bridgehead atoms. The average molecular weight is 479 g/mol. The highest BCUT2D eigenvalue weighted by Gasteiger charge is 2.21. The van der Waals surface area contributed by atoms with E-state index in [-0.39, 0.29) is 27.2 Å². The van der Waals surface area contributed by atoms with Crippen molar-refractivity contribution in [3.8, 4) is 0 Å². The van der Waals surface area contributed by atoms with E-state index in [0.717, 1.165) is 0 Å². The molecule has 0 fully saturated rings. The van der Waals surface area contributed by atoms with Crippen LogP contribution in [-0.2, 0) is 14.3 Å². The summed E-state index contributed by atoms with van der Waals surface area (Å²) in [4.78, 5) is 35.4. The van der Waals surface area contributed by atoms with Crippen LogP contribution in [-0.4, -0.2) is 24.5 Å².